The molecule has 0 fully saturated rings. The fourth-order valence-corrected chi connectivity index (χ4v) is 1.54. The van der Waals surface area contributed by atoms with Crippen molar-refractivity contribution in [3.63, 3.8) is 0 Å². The molecule has 78 valence electrons. The summed E-state index contributed by atoms with van der Waals surface area (Å²) in [4.78, 5) is 0. The molecule has 1 atom stereocenters. The summed E-state index contributed by atoms with van der Waals surface area (Å²) in [6.45, 7) is 2.18. The third-order valence-corrected chi connectivity index (χ3v) is 2.42. The number of nitrogens with two attached hydrogens (primary N) is 1. The van der Waals surface area contributed by atoms with Crippen molar-refractivity contribution >= 4 is 0 Å². The quantitative estimate of drug-likeness (QED) is 0.706. The minimum Gasteiger partial charge on any atom is -0.508 e. The van der Waals surface area contributed by atoms with Crippen LogP contribution in [0.15, 0.2) is 24.3 Å². The fourth-order valence-electron chi connectivity index (χ4n) is 1.54. The molecule has 0 aliphatic rings. The lowest BCUT2D eigenvalue weighted by atomic mass is 10.0. The zero-order valence-electron chi connectivity index (χ0n) is 8.74. The molecule has 1 aromatic carbocycles. The first-order valence-electron chi connectivity index (χ1n) is 5.28. The monoisotopic (exact) mass is 193 g/mol. The van der Waals surface area contributed by atoms with Gasteiger partial charge in [-0.1, -0.05) is 38.3 Å². The molecule has 0 bridgehead atoms. The molecule has 0 aromatic heterocycles. The fraction of sp³-hybridized carbons (Fsp3) is 0.500. The Labute approximate surface area is 85.8 Å². The molecule has 0 unspecified atom stereocenters. The summed E-state index contributed by atoms with van der Waals surface area (Å²) in [6.07, 6.45) is 4.60. The molecule has 2 heteroatoms. The highest BCUT2D eigenvalue weighted by molar-refractivity contribution is 5.29. The Kier molecular flexibility index (Phi) is 4.47. The van der Waals surface area contributed by atoms with Gasteiger partial charge in [0, 0.05) is 6.04 Å². The van der Waals surface area contributed by atoms with Crippen molar-refractivity contribution in [3.05, 3.63) is 29.8 Å². The maximum atomic E-state index is 9.28. The van der Waals surface area contributed by atoms with Crippen LogP contribution < -0.4 is 5.73 Å². The SMILES string of the molecule is CCCCC[C@H](N)c1cccc(O)c1. The van der Waals surface area contributed by atoms with Gasteiger partial charge in [0.15, 0.2) is 0 Å². The third kappa shape index (κ3) is 3.38. The van der Waals surface area contributed by atoms with Gasteiger partial charge in [-0.25, -0.2) is 0 Å². The number of phenolic OH excluding ortho intramolecular Hbond substituents is 1. The van der Waals surface area contributed by atoms with Crippen molar-refractivity contribution in [1.82, 2.24) is 0 Å². The van der Waals surface area contributed by atoms with E-state index in [1.165, 1.54) is 12.8 Å². The van der Waals surface area contributed by atoms with E-state index in [4.69, 9.17) is 5.73 Å². The lowest BCUT2D eigenvalue weighted by molar-refractivity contribution is 0.472. The first-order valence-corrected chi connectivity index (χ1v) is 5.28. The lowest BCUT2D eigenvalue weighted by Gasteiger charge is -2.11. The molecule has 0 spiro atoms. The van der Waals surface area contributed by atoms with Crippen LogP contribution in [0.25, 0.3) is 0 Å². The van der Waals surface area contributed by atoms with Gasteiger partial charge in [0.25, 0.3) is 0 Å². The topological polar surface area (TPSA) is 46.2 Å². The predicted molar refractivity (Wildman–Crippen MR) is 59.2 cm³/mol. The first kappa shape index (κ1) is 11.1. The summed E-state index contributed by atoms with van der Waals surface area (Å²) in [5.41, 5.74) is 7.02. The predicted octanol–water partition coefficient (Wildman–Crippen LogP) is 2.97. The maximum Gasteiger partial charge on any atom is 0.115 e. The smallest absolute Gasteiger partial charge is 0.115 e. The van der Waals surface area contributed by atoms with E-state index < -0.39 is 0 Å². The second-order valence-corrected chi connectivity index (χ2v) is 3.70. The summed E-state index contributed by atoms with van der Waals surface area (Å²) in [5.74, 6) is 0.299. The summed E-state index contributed by atoms with van der Waals surface area (Å²) >= 11 is 0. The number of hydrogen-bond acceptors (Lipinski definition) is 2. The van der Waals surface area contributed by atoms with E-state index in [-0.39, 0.29) is 6.04 Å². The number of aromatic hydroxyl groups is 1. The number of phenols is 1. The van der Waals surface area contributed by atoms with Crippen molar-refractivity contribution in [2.24, 2.45) is 5.73 Å². The Morgan fingerprint density at radius 1 is 1.36 bits per heavy atom. The van der Waals surface area contributed by atoms with Crippen LogP contribution >= 0.6 is 0 Å². The summed E-state index contributed by atoms with van der Waals surface area (Å²) in [7, 11) is 0. The highest BCUT2D eigenvalue weighted by atomic mass is 16.3. The van der Waals surface area contributed by atoms with Crippen molar-refractivity contribution in [3.8, 4) is 5.75 Å². The van der Waals surface area contributed by atoms with E-state index in [1.807, 2.05) is 12.1 Å². The minimum absolute atomic E-state index is 0.0636. The number of rotatable bonds is 5. The van der Waals surface area contributed by atoms with Gasteiger partial charge >= 0.3 is 0 Å². The van der Waals surface area contributed by atoms with Crippen molar-refractivity contribution in [1.29, 1.82) is 0 Å². The second kappa shape index (κ2) is 5.66. The molecular weight excluding hydrogens is 174 g/mol. The van der Waals surface area contributed by atoms with Crippen molar-refractivity contribution < 1.29 is 5.11 Å². The number of benzene rings is 1. The Bertz CT molecular complexity index is 273. The van der Waals surface area contributed by atoms with Gasteiger partial charge in [0.05, 0.1) is 0 Å². The molecule has 0 aliphatic heterocycles. The molecule has 0 heterocycles. The highest BCUT2D eigenvalue weighted by Gasteiger charge is 2.05. The molecule has 0 radical (unpaired) electrons. The number of unbranched alkanes of at least 4 members (excludes halogenated alkanes) is 2. The van der Waals surface area contributed by atoms with E-state index >= 15 is 0 Å². The van der Waals surface area contributed by atoms with Crippen LogP contribution in [-0.4, -0.2) is 5.11 Å². The molecular formula is C12H19NO. The van der Waals surface area contributed by atoms with Gasteiger partial charge in [-0.3, -0.25) is 0 Å². The summed E-state index contributed by atoms with van der Waals surface area (Å²) in [6, 6.07) is 7.29. The molecule has 0 saturated heterocycles. The zero-order valence-corrected chi connectivity index (χ0v) is 8.74. The van der Waals surface area contributed by atoms with Crippen LogP contribution in [0.5, 0.6) is 5.75 Å². The Morgan fingerprint density at radius 2 is 2.14 bits per heavy atom. The molecule has 1 aromatic rings. The minimum atomic E-state index is 0.0636. The molecule has 0 aliphatic carbocycles. The van der Waals surface area contributed by atoms with Crippen LogP contribution in [-0.2, 0) is 0 Å². The Morgan fingerprint density at radius 3 is 2.79 bits per heavy atom. The van der Waals surface area contributed by atoms with E-state index in [0.29, 0.717) is 5.75 Å². The van der Waals surface area contributed by atoms with Gasteiger partial charge in [-0.15, -0.1) is 0 Å². The summed E-state index contributed by atoms with van der Waals surface area (Å²) < 4.78 is 0. The van der Waals surface area contributed by atoms with Crippen LogP contribution in [0.2, 0.25) is 0 Å². The standard InChI is InChI=1S/C12H19NO/c1-2-3-4-8-12(13)10-6-5-7-11(14)9-10/h5-7,9,12,14H,2-4,8,13H2,1H3/t12-/m0/s1. The van der Waals surface area contributed by atoms with Gasteiger partial charge in [-0.2, -0.15) is 0 Å². The first-order chi connectivity index (χ1) is 6.74. The maximum absolute atomic E-state index is 9.28. The molecule has 0 saturated carbocycles. The Hall–Kier alpha value is -1.02. The van der Waals surface area contributed by atoms with E-state index in [9.17, 15) is 5.11 Å². The highest BCUT2D eigenvalue weighted by Crippen LogP contribution is 2.20. The van der Waals surface area contributed by atoms with Gasteiger partial charge in [0.2, 0.25) is 0 Å². The van der Waals surface area contributed by atoms with Crippen LogP contribution in [0.3, 0.4) is 0 Å². The van der Waals surface area contributed by atoms with Gasteiger partial charge < -0.3 is 10.8 Å². The Balaban J connectivity index is 2.47. The second-order valence-electron chi connectivity index (χ2n) is 3.70. The zero-order chi connectivity index (χ0) is 10.4. The van der Waals surface area contributed by atoms with E-state index in [0.717, 1.165) is 18.4 Å². The number of hydrogen-bond donors (Lipinski definition) is 2. The van der Waals surface area contributed by atoms with Crippen LogP contribution in [0, 0.1) is 0 Å². The van der Waals surface area contributed by atoms with Crippen LogP contribution in [0.4, 0.5) is 0 Å². The van der Waals surface area contributed by atoms with Crippen molar-refractivity contribution in [2.75, 3.05) is 0 Å². The molecule has 14 heavy (non-hydrogen) atoms. The van der Waals surface area contributed by atoms with Crippen LogP contribution in [0.1, 0.15) is 44.2 Å². The lowest BCUT2D eigenvalue weighted by Crippen LogP contribution is -2.09. The normalized spacial score (nSPS) is 12.7. The molecule has 3 N–H and O–H groups in total. The van der Waals surface area contributed by atoms with Gasteiger partial charge in [0.1, 0.15) is 5.75 Å². The largest absolute Gasteiger partial charge is 0.508 e. The van der Waals surface area contributed by atoms with Crippen molar-refractivity contribution in [2.45, 2.75) is 38.6 Å². The molecule has 1 rings (SSSR count). The van der Waals surface area contributed by atoms with Gasteiger partial charge in [-0.05, 0) is 24.1 Å². The van der Waals surface area contributed by atoms with E-state index in [2.05, 4.69) is 6.92 Å². The summed E-state index contributed by atoms with van der Waals surface area (Å²) in [5, 5.41) is 9.28. The molecule has 0 amide bonds. The molecule has 2 nitrogen and oxygen atoms in total. The average Bonchev–Trinajstić information content (AvgIpc) is 2.18. The third-order valence-electron chi connectivity index (χ3n) is 2.42. The van der Waals surface area contributed by atoms with E-state index in [1.54, 1.807) is 12.1 Å². The average molecular weight is 193 g/mol.